The molecule has 0 amide bonds. The van der Waals surface area contributed by atoms with Crippen molar-refractivity contribution in [3.05, 3.63) is 11.3 Å². The second kappa shape index (κ2) is 4.06. The summed E-state index contributed by atoms with van der Waals surface area (Å²) < 4.78 is 0. The smallest absolute Gasteiger partial charge is 0.0580 e. The van der Waals surface area contributed by atoms with Gasteiger partial charge in [0.1, 0.15) is 0 Å². The Balaban J connectivity index is 4.58. The third-order valence-corrected chi connectivity index (χ3v) is 1.60. The number of nitrogens with one attached hydrogen (secondary N) is 1. The zero-order valence-electron chi connectivity index (χ0n) is 7.95. The summed E-state index contributed by atoms with van der Waals surface area (Å²) in [6.07, 6.45) is 0. The second-order valence-corrected chi connectivity index (χ2v) is 2.91. The van der Waals surface area contributed by atoms with Crippen LogP contribution in [0.3, 0.4) is 0 Å². The molecule has 0 atom stereocenters. The molecule has 0 aromatic heterocycles. The average molecular weight is 152 g/mol. The lowest BCUT2D eigenvalue weighted by Crippen LogP contribution is -2.03. The van der Waals surface area contributed by atoms with Gasteiger partial charge in [0.25, 0.3) is 0 Å². The molecular formula is C9H16N2. The zero-order chi connectivity index (χ0) is 9.02. The molecule has 2 nitrogen and oxygen atoms in total. The summed E-state index contributed by atoms with van der Waals surface area (Å²) >= 11 is 0. The molecule has 0 aliphatic heterocycles. The zero-order valence-corrected chi connectivity index (χ0v) is 7.95. The van der Waals surface area contributed by atoms with Gasteiger partial charge in [0, 0.05) is 11.4 Å². The first-order valence-electron chi connectivity index (χ1n) is 3.70. The van der Waals surface area contributed by atoms with Crippen molar-refractivity contribution in [3.63, 3.8) is 0 Å². The first kappa shape index (κ1) is 10.1. The topological polar surface area (TPSA) is 36.2 Å². The Bertz CT molecular complexity index is 218. The van der Waals surface area contributed by atoms with E-state index in [9.17, 15) is 0 Å². The van der Waals surface area contributed by atoms with Crippen LogP contribution in [0.25, 0.3) is 0 Å². The van der Waals surface area contributed by atoms with E-state index in [2.05, 4.69) is 4.99 Å². The number of allylic oxidation sites excluding steroid dienone is 2. The lowest BCUT2D eigenvalue weighted by Gasteiger charge is -1.99. The summed E-state index contributed by atoms with van der Waals surface area (Å²) in [5, 5.41) is 7.28. The van der Waals surface area contributed by atoms with Gasteiger partial charge in [-0.15, -0.1) is 0 Å². The van der Waals surface area contributed by atoms with Crippen LogP contribution in [0.1, 0.15) is 34.6 Å². The maximum atomic E-state index is 7.28. The SMILES string of the molecule is CC(=N)C(C)=NC(C)=C(C)C. The predicted molar refractivity (Wildman–Crippen MR) is 50.6 cm³/mol. The van der Waals surface area contributed by atoms with Crippen LogP contribution >= 0.6 is 0 Å². The minimum absolute atomic E-state index is 0.533. The Labute approximate surface area is 68.5 Å². The van der Waals surface area contributed by atoms with E-state index in [0.29, 0.717) is 5.71 Å². The Kier molecular flexibility index (Phi) is 3.72. The minimum atomic E-state index is 0.533. The molecule has 62 valence electrons. The molecule has 0 rings (SSSR count). The van der Waals surface area contributed by atoms with Gasteiger partial charge in [0.15, 0.2) is 0 Å². The summed E-state index contributed by atoms with van der Waals surface area (Å²) in [6, 6.07) is 0. The summed E-state index contributed by atoms with van der Waals surface area (Å²) in [5.41, 5.74) is 3.54. The Morgan fingerprint density at radius 2 is 1.45 bits per heavy atom. The summed E-state index contributed by atoms with van der Waals surface area (Å²) in [6.45, 7) is 9.60. The van der Waals surface area contributed by atoms with E-state index in [1.165, 1.54) is 5.57 Å². The van der Waals surface area contributed by atoms with Gasteiger partial charge < -0.3 is 5.41 Å². The van der Waals surface area contributed by atoms with Crippen molar-refractivity contribution in [2.24, 2.45) is 4.99 Å². The van der Waals surface area contributed by atoms with E-state index in [4.69, 9.17) is 5.41 Å². The fourth-order valence-electron chi connectivity index (χ4n) is 0.447. The molecule has 0 heterocycles. The normalized spacial score (nSPS) is 11.2. The van der Waals surface area contributed by atoms with Crippen LogP contribution in [0.4, 0.5) is 0 Å². The van der Waals surface area contributed by atoms with Crippen molar-refractivity contribution in [3.8, 4) is 0 Å². The van der Waals surface area contributed by atoms with Crippen molar-refractivity contribution in [1.29, 1.82) is 5.41 Å². The van der Waals surface area contributed by atoms with Gasteiger partial charge in [-0.05, 0) is 34.6 Å². The van der Waals surface area contributed by atoms with Gasteiger partial charge in [-0.3, -0.25) is 4.99 Å². The lowest BCUT2D eigenvalue weighted by atomic mass is 10.2. The molecule has 0 saturated heterocycles. The minimum Gasteiger partial charge on any atom is -0.304 e. The molecule has 0 aromatic carbocycles. The van der Waals surface area contributed by atoms with E-state index >= 15 is 0 Å². The maximum Gasteiger partial charge on any atom is 0.0580 e. The molecule has 0 fully saturated rings. The Morgan fingerprint density at radius 1 is 1.00 bits per heavy atom. The van der Waals surface area contributed by atoms with E-state index in [0.717, 1.165) is 11.4 Å². The monoisotopic (exact) mass is 152 g/mol. The fourth-order valence-corrected chi connectivity index (χ4v) is 0.447. The maximum absolute atomic E-state index is 7.28. The number of hydrogen-bond acceptors (Lipinski definition) is 2. The van der Waals surface area contributed by atoms with E-state index in [-0.39, 0.29) is 0 Å². The van der Waals surface area contributed by atoms with Gasteiger partial charge in [-0.1, -0.05) is 5.57 Å². The average Bonchev–Trinajstić information content (AvgIpc) is 1.87. The first-order valence-corrected chi connectivity index (χ1v) is 3.70. The molecule has 0 radical (unpaired) electrons. The quantitative estimate of drug-likeness (QED) is 0.591. The number of hydrogen-bond donors (Lipinski definition) is 1. The van der Waals surface area contributed by atoms with Crippen LogP contribution in [0, 0.1) is 5.41 Å². The third kappa shape index (κ3) is 3.71. The molecule has 0 aliphatic rings. The number of nitrogens with zero attached hydrogens (tertiary/aromatic N) is 1. The number of rotatable bonds is 2. The largest absolute Gasteiger partial charge is 0.304 e. The van der Waals surface area contributed by atoms with E-state index in [1.54, 1.807) is 6.92 Å². The molecule has 0 aliphatic carbocycles. The highest BCUT2D eigenvalue weighted by atomic mass is 14.8. The highest BCUT2D eigenvalue weighted by molar-refractivity contribution is 6.39. The van der Waals surface area contributed by atoms with Gasteiger partial charge in [-0.2, -0.15) is 0 Å². The van der Waals surface area contributed by atoms with Crippen LogP contribution in [-0.4, -0.2) is 11.4 Å². The van der Waals surface area contributed by atoms with E-state index < -0.39 is 0 Å². The van der Waals surface area contributed by atoms with Crippen LogP contribution in [0.2, 0.25) is 0 Å². The van der Waals surface area contributed by atoms with Crippen LogP contribution < -0.4 is 0 Å². The highest BCUT2D eigenvalue weighted by Gasteiger charge is 1.94. The molecule has 0 bridgehead atoms. The van der Waals surface area contributed by atoms with Gasteiger partial charge in [0.2, 0.25) is 0 Å². The predicted octanol–water partition coefficient (Wildman–Crippen LogP) is 2.80. The van der Waals surface area contributed by atoms with Gasteiger partial charge in [0.05, 0.1) is 5.71 Å². The van der Waals surface area contributed by atoms with Gasteiger partial charge >= 0.3 is 0 Å². The highest BCUT2D eigenvalue weighted by Crippen LogP contribution is 2.03. The van der Waals surface area contributed by atoms with Crippen molar-refractivity contribution in [2.45, 2.75) is 34.6 Å². The molecule has 11 heavy (non-hydrogen) atoms. The Hall–Kier alpha value is -0.920. The molecule has 1 N–H and O–H groups in total. The molecule has 2 heteroatoms. The molecule has 0 aromatic rings. The molecule has 0 saturated carbocycles. The summed E-state index contributed by atoms with van der Waals surface area (Å²) in [4.78, 5) is 4.25. The number of aliphatic imine (C=N–C) groups is 1. The van der Waals surface area contributed by atoms with Crippen molar-refractivity contribution >= 4 is 11.4 Å². The van der Waals surface area contributed by atoms with Crippen LogP contribution in [0.5, 0.6) is 0 Å². The van der Waals surface area contributed by atoms with Crippen molar-refractivity contribution in [2.75, 3.05) is 0 Å². The summed E-state index contributed by atoms with van der Waals surface area (Å²) in [5.74, 6) is 0. The molecule has 0 spiro atoms. The fraction of sp³-hybridized carbons (Fsp3) is 0.556. The van der Waals surface area contributed by atoms with Crippen molar-refractivity contribution < 1.29 is 0 Å². The summed E-state index contributed by atoms with van der Waals surface area (Å²) in [7, 11) is 0. The van der Waals surface area contributed by atoms with Crippen LogP contribution in [-0.2, 0) is 0 Å². The standard InChI is InChI=1S/C9H16N2/c1-6(2)8(4)11-9(5)7(3)10/h10H,1-5H3. The Morgan fingerprint density at radius 3 is 1.73 bits per heavy atom. The first-order chi connectivity index (χ1) is 4.95. The second-order valence-electron chi connectivity index (χ2n) is 2.91. The molecular weight excluding hydrogens is 136 g/mol. The third-order valence-electron chi connectivity index (χ3n) is 1.60. The van der Waals surface area contributed by atoms with Gasteiger partial charge in [-0.25, -0.2) is 0 Å². The lowest BCUT2D eigenvalue weighted by molar-refractivity contribution is 1.19. The van der Waals surface area contributed by atoms with E-state index in [1.807, 2.05) is 27.7 Å². The van der Waals surface area contributed by atoms with Crippen LogP contribution in [0.15, 0.2) is 16.3 Å². The van der Waals surface area contributed by atoms with Crippen molar-refractivity contribution in [1.82, 2.24) is 0 Å². The molecule has 0 unspecified atom stereocenters.